The van der Waals surface area contributed by atoms with Crippen LogP contribution >= 0.6 is 11.3 Å². The number of carbonyl (C=O) groups is 2. The van der Waals surface area contributed by atoms with Crippen molar-refractivity contribution in [1.29, 1.82) is 0 Å². The zero-order valence-corrected chi connectivity index (χ0v) is 21.6. The summed E-state index contributed by atoms with van der Waals surface area (Å²) in [5.41, 5.74) is 2.39. The van der Waals surface area contributed by atoms with Gasteiger partial charge in [-0.25, -0.2) is 19.6 Å². The van der Waals surface area contributed by atoms with E-state index >= 15 is 0 Å². The number of halogens is 4. The fourth-order valence-electron chi connectivity index (χ4n) is 3.88. The standard InChI is InChI=1S/C21H27N5O4S.2CF2O/c1-11-16(20-25-13-5-3-4-6-15(13)31-20)19(26-21(23-11)22-7-8-30-2)24-14-9-12(10-27)17(28)18(14)29;2*2-1(3)4/h3-6,12,14,17-18,27-29H,7-10H2,1-2H3,(H2,22,23,24,26);;/t12-,14-,17-,18+;;/m1../s1. The van der Waals surface area contributed by atoms with Crippen molar-refractivity contribution in [3.05, 3.63) is 30.0 Å². The van der Waals surface area contributed by atoms with E-state index in [1.165, 1.54) is 0 Å². The summed E-state index contributed by atoms with van der Waals surface area (Å²) < 4.78 is 44.9. The maximum Gasteiger partial charge on any atom is 0.483 e. The summed E-state index contributed by atoms with van der Waals surface area (Å²) in [7, 11) is 1.63. The lowest BCUT2D eigenvalue weighted by molar-refractivity contribution is 0.00446. The molecule has 2 heterocycles. The van der Waals surface area contributed by atoms with Crippen LogP contribution in [0.25, 0.3) is 20.8 Å². The third-order valence-electron chi connectivity index (χ3n) is 5.55. The minimum Gasteiger partial charge on any atom is -0.396 e. The molecular weight excluding hydrogens is 550 g/mol. The summed E-state index contributed by atoms with van der Waals surface area (Å²) >= 11 is 1.55. The molecule has 16 heteroatoms. The highest BCUT2D eigenvalue weighted by atomic mass is 32.1. The van der Waals surface area contributed by atoms with Gasteiger partial charge in [-0.3, -0.25) is 0 Å². The number of hydrogen-bond acceptors (Lipinski definition) is 12. The Kier molecular flexibility index (Phi) is 12.5. The van der Waals surface area contributed by atoms with Crippen molar-refractivity contribution < 1.29 is 47.2 Å². The molecule has 0 unspecified atom stereocenters. The Balaban J connectivity index is 0.000000590. The quantitative estimate of drug-likeness (QED) is 0.150. The summed E-state index contributed by atoms with van der Waals surface area (Å²) in [4.78, 5) is 30.2. The second-order valence-electron chi connectivity index (χ2n) is 8.12. The molecule has 1 aromatic carbocycles. The fraction of sp³-hybridized carbons (Fsp3) is 0.435. The van der Waals surface area contributed by atoms with Crippen molar-refractivity contribution in [1.82, 2.24) is 15.0 Å². The molecule has 3 aromatic rings. The molecule has 0 spiro atoms. The van der Waals surface area contributed by atoms with Gasteiger partial charge in [-0.2, -0.15) is 4.98 Å². The van der Waals surface area contributed by atoms with Crippen LogP contribution in [0.2, 0.25) is 0 Å². The minimum atomic E-state index is -2.83. The van der Waals surface area contributed by atoms with Gasteiger partial charge in [0.05, 0.1) is 40.2 Å². The van der Waals surface area contributed by atoms with Crippen LogP contribution < -0.4 is 10.6 Å². The van der Waals surface area contributed by atoms with Gasteiger partial charge in [-0.15, -0.1) is 28.9 Å². The van der Waals surface area contributed by atoms with Gasteiger partial charge in [0.1, 0.15) is 16.9 Å². The lowest BCUT2D eigenvalue weighted by atomic mass is 10.1. The van der Waals surface area contributed by atoms with Crippen molar-refractivity contribution in [2.24, 2.45) is 5.92 Å². The van der Waals surface area contributed by atoms with Gasteiger partial charge in [-0.1, -0.05) is 12.1 Å². The van der Waals surface area contributed by atoms with Crippen molar-refractivity contribution in [2.45, 2.75) is 31.6 Å². The number of hydrogen-bond donors (Lipinski definition) is 5. The van der Waals surface area contributed by atoms with Gasteiger partial charge in [0.15, 0.2) is 0 Å². The zero-order valence-electron chi connectivity index (χ0n) is 20.8. The van der Waals surface area contributed by atoms with Crippen molar-refractivity contribution in [3.8, 4) is 10.6 Å². The van der Waals surface area contributed by atoms with E-state index in [-0.39, 0.29) is 12.5 Å². The topological polar surface area (TPSA) is 167 Å². The van der Waals surface area contributed by atoms with E-state index in [9.17, 15) is 32.9 Å². The molecule has 0 saturated heterocycles. The molecule has 1 saturated carbocycles. The van der Waals surface area contributed by atoms with Crippen LogP contribution in [0.1, 0.15) is 12.1 Å². The number of nitrogens with zero attached hydrogens (tertiary/aromatic N) is 3. The predicted molar refractivity (Wildman–Crippen MR) is 136 cm³/mol. The molecule has 4 atom stereocenters. The third kappa shape index (κ3) is 9.43. The van der Waals surface area contributed by atoms with Crippen LogP contribution in [0, 0.1) is 12.8 Å². The van der Waals surface area contributed by atoms with E-state index in [1.54, 1.807) is 18.4 Å². The number of aromatic nitrogens is 3. The van der Waals surface area contributed by atoms with Gasteiger partial charge in [0.25, 0.3) is 0 Å². The average molecular weight is 578 g/mol. The number of fused-ring (bicyclic) bond motifs is 1. The molecule has 0 radical (unpaired) electrons. The van der Waals surface area contributed by atoms with E-state index in [0.717, 1.165) is 26.5 Å². The maximum atomic E-state index is 10.5. The van der Waals surface area contributed by atoms with E-state index in [2.05, 4.69) is 20.6 Å². The molecule has 5 N–H and O–H groups in total. The molecule has 1 fully saturated rings. The first kappa shape index (κ1) is 31.9. The number of carbonyl (C=O) groups excluding carboxylic acids is 2. The second-order valence-corrected chi connectivity index (χ2v) is 9.16. The Hall–Kier alpha value is -3.31. The number of para-hydroxylation sites is 1. The first-order valence-electron chi connectivity index (χ1n) is 11.4. The van der Waals surface area contributed by atoms with Gasteiger partial charge in [-0.05, 0) is 25.5 Å². The Morgan fingerprint density at radius 1 is 1.08 bits per heavy atom. The van der Waals surface area contributed by atoms with E-state index < -0.39 is 30.8 Å². The summed E-state index contributed by atoms with van der Waals surface area (Å²) in [5.74, 6) is 0.579. The van der Waals surface area contributed by atoms with Crippen LogP contribution in [0.3, 0.4) is 0 Å². The Morgan fingerprint density at radius 2 is 1.72 bits per heavy atom. The number of aliphatic hydroxyl groups is 3. The highest BCUT2D eigenvalue weighted by Crippen LogP contribution is 2.38. The average Bonchev–Trinajstić information content (AvgIpc) is 3.39. The van der Waals surface area contributed by atoms with Crippen molar-refractivity contribution in [3.63, 3.8) is 0 Å². The maximum absolute atomic E-state index is 10.5. The fourth-order valence-corrected chi connectivity index (χ4v) is 4.94. The van der Waals surface area contributed by atoms with Crippen LogP contribution in [0.5, 0.6) is 0 Å². The first-order chi connectivity index (χ1) is 18.5. The monoisotopic (exact) mass is 577 g/mol. The van der Waals surface area contributed by atoms with Crippen LogP contribution in [-0.4, -0.2) is 88.0 Å². The number of thiazole rings is 1. The Morgan fingerprint density at radius 3 is 2.28 bits per heavy atom. The Bertz CT molecular complexity index is 1200. The Labute approximate surface area is 223 Å². The van der Waals surface area contributed by atoms with E-state index in [4.69, 9.17) is 19.3 Å². The normalized spacial score (nSPS) is 19.9. The summed E-state index contributed by atoms with van der Waals surface area (Å²) in [6.45, 7) is 2.77. The first-order valence-corrected chi connectivity index (χ1v) is 12.2. The smallest absolute Gasteiger partial charge is 0.396 e. The molecule has 11 nitrogen and oxygen atoms in total. The number of aliphatic hydroxyl groups excluding tert-OH is 3. The van der Waals surface area contributed by atoms with Crippen LogP contribution in [0.15, 0.2) is 24.3 Å². The molecule has 1 aliphatic carbocycles. The van der Waals surface area contributed by atoms with Crippen molar-refractivity contribution >= 4 is 45.9 Å². The molecule has 0 bridgehead atoms. The number of anilines is 2. The number of benzene rings is 1. The molecule has 2 aromatic heterocycles. The highest BCUT2D eigenvalue weighted by molar-refractivity contribution is 7.21. The minimum absolute atomic E-state index is 0.187. The number of rotatable bonds is 8. The molecule has 4 rings (SSSR count). The third-order valence-corrected chi connectivity index (χ3v) is 6.60. The number of methoxy groups -OCH3 is 1. The van der Waals surface area contributed by atoms with Gasteiger partial charge in [0, 0.05) is 26.2 Å². The predicted octanol–water partition coefficient (Wildman–Crippen LogP) is 3.73. The van der Waals surface area contributed by atoms with Crippen LogP contribution in [0.4, 0.5) is 38.9 Å². The molecule has 39 heavy (non-hydrogen) atoms. The summed E-state index contributed by atoms with van der Waals surface area (Å²) in [5, 5.41) is 37.4. The second kappa shape index (κ2) is 15.3. The summed E-state index contributed by atoms with van der Waals surface area (Å²) in [6, 6.07) is 7.44. The molecule has 1 aliphatic rings. The van der Waals surface area contributed by atoms with E-state index in [1.807, 2.05) is 31.2 Å². The molecule has 0 aliphatic heterocycles. The van der Waals surface area contributed by atoms with Crippen molar-refractivity contribution in [2.75, 3.05) is 37.5 Å². The lowest BCUT2D eigenvalue weighted by Gasteiger charge is -2.21. The van der Waals surface area contributed by atoms with Gasteiger partial charge < -0.3 is 30.7 Å². The van der Waals surface area contributed by atoms with E-state index in [0.29, 0.717) is 31.3 Å². The number of nitrogens with one attached hydrogen (secondary N) is 2. The molecule has 214 valence electrons. The molecule has 0 amide bonds. The number of aryl methyl sites for hydroxylation is 1. The zero-order chi connectivity index (χ0) is 29.1. The largest absolute Gasteiger partial charge is 0.483 e. The molecular formula is C23H27F4N5O6S. The van der Waals surface area contributed by atoms with Crippen LogP contribution in [-0.2, 0) is 4.74 Å². The summed E-state index contributed by atoms with van der Waals surface area (Å²) in [6.07, 6.45) is -7.25. The number of ether oxygens (including phenoxy) is 1. The highest BCUT2D eigenvalue weighted by Gasteiger charge is 2.41. The SMILES string of the molecule is COCCNc1nc(C)c(-c2nc3ccccc3s2)c(N[C@@H]2C[C@H](CO)[C@@H](O)[C@H]2O)n1.O=C(F)F.O=C(F)F. The lowest BCUT2D eigenvalue weighted by Crippen LogP contribution is -2.35. The van der Waals surface area contributed by atoms with Gasteiger partial charge >= 0.3 is 12.6 Å². The van der Waals surface area contributed by atoms with Gasteiger partial charge in [0.2, 0.25) is 5.95 Å².